The first kappa shape index (κ1) is 15.2. The molecule has 1 aromatic rings. The first-order valence-corrected chi connectivity index (χ1v) is 6.57. The minimum atomic E-state index is -0.527. The second kappa shape index (κ2) is 6.93. The molecule has 7 nitrogen and oxygen atoms in total. The third kappa shape index (κ3) is 4.09. The van der Waals surface area contributed by atoms with Gasteiger partial charge in [0, 0.05) is 13.6 Å². The summed E-state index contributed by atoms with van der Waals surface area (Å²) in [6.45, 7) is 7.77. The zero-order chi connectivity index (χ0) is 14.4. The lowest BCUT2D eigenvalue weighted by atomic mass is 10.4. The molecule has 0 aliphatic heterocycles. The summed E-state index contributed by atoms with van der Waals surface area (Å²) in [5.74, 6) is 0.372. The van der Waals surface area contributed by atoms with Gasteiger partial charge in [0.05, 0.1) is 5.25 Å². The highest BCUT2D eigenvalue weighted by atomic mass is 32.2. The van der Waals surface area contributed by atoms with Gasteiger partial charge >= 0.3 is 6.03 Å². The number of carbonyl (C=O) groups is 2. The van der Waals surface area contributed by atoms with Crippen LogP contribution in [0, 0.1) is 6.92 Å². The van der Waals surface area contributed by atoms with Crippen molar-refractivity contribution in [1.82, 2.24) is 25.4 Å². The summed E-state index contributed by atoms with van der Waals surface area (Å²) in [5.41, 5.74) is 0. The number of nitrogens with zero attached hydrogens (tertiary/aromatic N) is 3. The van der Waals surface area contributed by atoms with E-state index in [0.29, 0.717) is 11.7 Å². The van der Waals surface area contributed by atoms with Crippen LogP contribution in [0.15, 0.2) is 17.8 Å². The third-order valence-electron chi connectivity index (χ3n) is 2.33. The van der Waals surface area contributed by atoms with E-state index < -0.39 is 11.3 Å². The minimum absolute atomic E-state index is 0.379. The molecule has 0 aliphatic carbocycles. The molecule has 1 heterocycles. The van der Waals surface area contributed by atoms with Gasteiger partial charge in [-0.15, -0.1) is 16.8 Å². The van der Waals surface area contributed by atoms with Crippen LogP contribution in [0.2, 0.25) is 0 Å². The summed E-state index contributed by atoms with van der Waals surface area (Å²) in [4.78, 5) is 22.8. The highest BCUT2D eigenvalue weighted by Gasteiger charge is 2.20. The number of carbonyl (C=O) groups excluding carboxylic acids is 2. The Balaban J connectivity index is 2.71. The molecule has 0 radical (unpaired) electrons. The monoisotopic (exact) mass is 283 g/mol. The molecule has 0 bridgehead atoms. The predicted octanol–water partition coefficient (Wildman–Crippen LogP) is 0.709. The number of thioether (sulfide) groups is 1. The normalized spacial score (nSPS) is 11.7. The Morgan fingerprint density at radius 3 is 2.79 bits per heavy atom. The van der Waals surface area contributed by atoms with Crippen LogP contribution in [0.5, 0.6) is 0 Å². The van der Waals surface area contributed by atoms with Crippen molar-refractivity contribution in [3.05, 3.63) is 18.5 Å². The summed E-state index contributed by atoms with van der Waals surface area (Å²) < 4.78 is 1.85. The molecule has 1 unspecified atom stereocenters. The Morgan fingerprint density at radius 1 is 1.53 bits per heavy atom. The lowest BCUT2D eigenvalue weighted by molar-refractivity contribution is -0.119. The van der Waals surface area contributed by atoms with Crippen LogP contribution in [-0.2, 0) is 11.3 Å². The Hall–Kier alpha value is -1.83. The second-order valence-corrected chi connectivity index (χ2v) is 5.07. The van der Waals surface area contributed by atoms with Gasteiger partial charge in [0.15, 0.2) is 5.16 Å². The summed E-state index contributed by atoms with van der Waals surface area (Å²) in [5, 5.41) is 12.7. The maximum absolute atomic E-state index is 11.7. The van der Waals surface area contributed by atoms with E-state index >= 15 is 0 Å². The number of hydrogen-bond acceptors (Lipinski definition) is 5. The molecule has 1 atom stereocenters. The van der Waals surface area contributed by atoms with E-state index in [0.717, 1.165) is 5.82 Å². The summed E-state index contributed by atoms with van der Waals surface area (Å²) in [7, 11) is 1.45. The third-order valence-corrected chi connectivity index (χ3v) is 3.41. The van der Waals surface area contributed by atoms with Crippen LogP contribution < -0.4 is 10.6 Å². The number of urea groups is 1. The molecule has 0 aliphatic rings. The maximum atomic E-state index is 11.7. The van der Waals surface area contributed by atoms with Gasteiger partial charge in [-0.2, -0.15) is 0 Å². The van der Waals surface area contributed by atoms with Crippen molar-refractivity contribution in [1.29, 1.82) is 0 Å². The van der Waals surface area contributed by atoms with E-state index in [-0.39, 0.29) is 5.91 Å². The maximum Gasteiger partial charge on any atom is 0.321 e. The van der Waals surface area contributed by atoms with Crippen LogP contribution in [-0.4, -0.2) is 39.0 Å². The molecule has 0 saturated heterocycles. The van der Waals surface area contributed by atoms with Gasteiger partial charge < -0.3 is 9.88 Å². The molecular formula is C11H17N5O2S. The van der Waals surface area contributed by atoms with E-state index in [2.05, 4.69) is 27.4 Å². The summed E-state index contributed by atoms with van der Waals surface area (Å²) in [6, 6.07) is -0.527. The highest BCUT2D eigenvalue weighted by Crippen LogP contribution is 2.22. The lowest BCUT2D eigenvalue weighted by Gasteiger charge is -2.11. The average molecular weight is 283 g/mol. The molecule has 0 saturated carbocycles. The van der Waals surface area contributed by atoms with Gasteiger partial charge in [-0.05, 0) is 13.8 Å². The predicted molar refractivity (Wildman–Crippen MR) is 72.9 cm³/mol. The molecule has 3 amide bonds. The lowest BCUT2D eigenvalue weighted by Crippen LogP contribution is -2.41. The number of imide groups is 1. The molecule has 2 N–H and O–H groups in total. The van der Waals surface area contributed by atoms with Crippen molar-refractivity contribution in [3.63, 3.8) is 0 Å². The SMILES string of the molecule is C=CCn1c(C)nnc1SC(C)C(=O)NC(=O)NC. The molecule has 0 spiro atoms. The molecule has 1 rings (SSSR count). The number of allylic oxidation sites excluding steroid dienone is 1. The van der Waals surface area contributed by atoms with Crippen molar-refractivity contribution in [2.45, 2.75) is 30.8 Å². The van der Waals surface area contributed by atoms with E-state index in [1.54, 1.807) is 13.0 Å². The molecule has 8 heteroatoms. The zero-order valence-corrected chi connectivity index (χ0v) is 12.0. The van der Waals surface area contributed by atoms with Gasteiger partial charge in [-0.3, -0.25) is 10.1 Å². The fourth-order valence-electron chi connectivity index (χ4n) is 1.28. The quantitative estimate of drug-likeness (QED) is 0.613. The smallest absolute Gasteiger partial charge is 0.321 e. The molecular weight excluding hydrogens is 266 g/mol. The number of nitrogens with one attached hydrogen (secondary N) is 2. The Kier molecular flexibility index (Phi) is 5.56. The van der Waals surface area contributed by atoms with E-state index in [9.17, 15) is 9.59 Å². The Bertz CT molecular complexity index is 485. The van der Waals surface area contributed by atoms with Crippen LogP contribution in [0.25, 0.3) is 0 Å². The summed E-state index contributed by atoms with van der Waals surface area (Å²) in [6.07, 6.45) is 1.73. The van der Waals surface area contributed by atoms with Gasteiger partial charge in [0.25, 0.3) is 0 Å². The first-order valence-electron chi connectivity index (χ1n) is 5.69. The fourth-order valence-corrected chi connectivity index (χ4v) is 2.18. The number of amides is 3. The van der Waals surface area contributed by atoms with Crippen LogP contribution in [0.3, 0.4) is 0 Å². The Morgan fingerprint density at radius 2 is 2.21 bits per heavy atom. The largest absolute Gasteiger partial charge is 0.341 e. The Labute approximate surface area is 115 Å². The fraction of sp³-hybridized carbons (Fsp3) is 0.455. The zero-order valence-electron chi connectivity index (χ0n) is 11.1. The number of hydrogen-bond donors (Lipinski definition) is 2. The number of aromatic nitrogens is 3. The molecule has 0 aromatic carbocycles. The standard InChI is InChI=1S/C11H17N5O2S/c1-5-6-16-8(3)14-15-11(16)19-7(2)9(17)13-10(18)12-4/h5,7H,1,6H2,2-4H3,(H2,12,13,17,18). The molecule has 104 valence electrons. The minimum Gasteiger partial charge on any atom is -0.341 e. The summed E-state index contributed by atoms with van der Waals surface area (Å²) >= 11 is 1.24. The molecule has 0 fully saturated rings. The van der Waals surface area contributed by atoms with Crippen LogP contribution >= 0.6 is 11.8 Å². The van der Waals surface area contributed by atoms with E-state index in [1.807, 2.05) is 11.5 Å². The topological polar surface area (TPSA) is 88.9 Å². The van der Waals surface area contributed by atoms with Crippen molar-refractivity contribution >= 4 is 23.7 Å². The molecule has 19 heavy (non-hydrogen) atoms. The van der Waals surface area contributed by atoms with Crippen molar-refractivity contribution in [2.75, 3.05) is 7.05 Å². The highest BCUT2D eigenvalue weighted by molar-refractivity contribution is 8.00. The van der Waals surface area contributed by atoms with Gasteiger partial charge in [0.1, 0.15) is 5.82 Å². The second-order valence-electron chi connectivity index (χ2n) is 3.76. The van der Waals surface area contributed by atoms with Gasteiger partial charge in [-0.1, -0.05) is 17.8 Å². The van der Waals surface area contributed by atoms with E-state index in [4.69, 9.17) is 0 Å². The van der Waals surface area contributed by atoms with Gasteiger partial charge in [0.2, 0.25) is 5.91 Å². The number of rotatable bonds is 5. The van der Waals surface area contributed by atoms with Crippen molar-refractivity contribution < 1.29 is 9.59 Å². The van der Waals surface area contributed by atoms with Crippen LogP contribution in [0.1, 0.15) is 12.7 Å². The van der Waals surface area contributed by atoms with Crippen molar-refractivity contribution in [2.24, 2.45) is 0 Å². The van der Waals surface area contributed by atoms with Crippen molar-refractivity contribution in [3.8, 4) is 0 Å². The van der Waals surface area contributed by atoms with Crippen LogP contribution in [0.4, 0.5) is 4.79 Å². The van der Waals surface area contributed by atoms with Gasteiger partial charge in [-0.25, -0.2) is 4.79 Å². The first-order chi connectivity index (χ1) is 8.99. The number of aryl methyl sites for hydroxylation is 1. The average Bonchev–Trinajstić information content (AvgIpc) is 2.71. The van der Waals surface area contributed by atoms with E-state index in [1.165, 1.54) is 18.8 Å². The molecule has 1 aromatic heterocycles.